The standard InChI is InChI=1S/C12H9F3N2O2S2/c13-12(14,15)21-10-3-1-9(2-4-10)16-6-8-5-11(17(18)19)20-7-8/h1-5,7,16H,6H2. The van der Waals surface area contributed by atoms with Crippen molar-refractivity contribution in [2.45, 2.75) is 16.9 Å². The third-order valence-electron chi connectivity index (χ3n) is 2.40. The molecule has 21 heavy (non-hydrogen) atoms. The van der Waals surface area contributed by atoms with Gasteiger partial charge in [-0.2, -0.15) is 13.2 Å². The van der Waals surface area contributed by atoms with Crippen molar-refractivity contribution in [1.82, 2.24) is 0 Å². The summed E-state index contributed by atoms with van der Waals surface area (Å²) < 4.78 is 36.5. The quantitative estimate of drug-likeness (QED) is 0.481. The van der Waals surface area contributed by atoms with E-state index in [0.29, 0.717) is 12.2 Å². The van der Waals surface area contributed by atoms with Crippen molar-refractivity contribution in [3.05, 3.63) is 51.4 Å². The Morgan fingerprint density at radius 2 is 1.95 bits per heavy atom. The largest absolute Gasteiger partial charge is 0.446 e. The van der Waals surface area contributed by atoms with Crippen LogP contribution in [0.1, 0.15) is 5.56 Å². The van der Waals surface area contributed by atoms with E-state index in [0.717, 1.165) is 16.9 Å². The summed E-state index contributed by atoms with van der Waals surface area (Å²) in [6.45, 7) is 0.371. The van der Waals surface area contributed by atoms with Crippen LogP contribution in [0.5, 0.6) is 0 Å². The number of nitrogens with zero attached hydrogens (tertiary/aromatic N) is 1. The minimum Gasteiger partial charge on any atom is -0.381 e. The van der Waals surface area contributed by atoms with Crippen LogP contribution in [-0.2, 0) is 6.54 Å². The highest BCUT2D eigenvalue weighted by Gasteiger charge is 2.28. The number of hydrogen-bond donors (Lipinski definition) is 1. The van der Waals surface area contributed by atoms with Gasteiger partial charge in [-0.25, -0.2) is 0 Å². The van der Waals surface area contributed by atoms with Crippen LogP contribution in [0.2, 0.25) is 0 Å². The highest BCUT2D eigenvalue weighted by atomic mass is 32.2. The molecule has 0 saturated carbocycles. The van der Waals surface area contributed by atoms with E-state index < -0.39 is 10.4 Å². The van der Waals surface area contributed by atoms with Crippen LogP contribution in [0.15, 0.2) is 40.6 Å². The van der Waals surface area contributed by atoms with Crippen LogP contribution < -0.4 is 5.32 Å². The number of thiophene rings is 1. The van der Waals surface area contributed by atoms with Crippen molar-refractivity contribution in [2.24, 2.45) is 0 Å². The second-order valence-corrected chi connectivity index (χ2v) is 6.00. The van der Waals surface area contributed by atoms with Crippen LogP contribution >= 0.6 is 23.1 Å². The molecule has 0 aliphatic carbocycles. The maximum Gasteiger partial charge on any atom is 0.446 e. The van der Waals surface area contributed by atoms with E-state index in [1.54, 1.807) is 5.38 Å². The molecule has 0 unspecified atom stereocenters. The molecule has 1 aromatic heterocycles. The number of anilines is 1. The maximum atomic E-state index is 12.2. The van der Waals surface area contributed by atoms with Crippen molar-refractivity contribution >= 4 is 33.8 Å². The molecule has 0 fully saturated rings. The molecule has 0 saturated heterocycles. The third kappa shape index (κ3) is 4.94. The van der Waals surface area contributed by atoms with Crippen LogP contribution in [0.3, 0.4) is 0 Å². The van der Waals surface area contributed by atoms with Crippen molar-refractivity contribution < 1.29 is 18.1 Å². The zero-order valence-corrected chi connectivity index (χ0v) is 12.0. The van der Waals surface area contributed by atoms with Gasteiger partial charge in [0, 0.05) is 28.6 Å². The van der Waals surface area contributed by atoms with Gasteiger partial charge >= 0.3 is 10.5 Å². The molecule has 0 amide bonds. The van der Waals surface area contributed by atoms with E-state index >= 15 is 0 Å². The Kier molecular flexibility index (Phi) is 4.73. The van der Waals surface area contributed by atoms with Gasteiger partial charge < -0.3 is 5.32 Å². The number of halogens is 3. The Morgan fingerprint density at radius 3 is 2.48 bits per heavy atom. The van der Waals surface area contributed by atoms with Crippen molar-refractivity contribution in [2.75, 3.05) is 5.32 Å². The molecule has 1 aromatic carbocycles. The summed E-state index contributed by atoms with van der Waals surface area (Å²) in [7, 11) is 0. The fraction of sp³-hybridized carbons (Fsp3) is 0.167. The lowest BCUT2D eigenvalue weighted by atomic mass is 10.3. The number of benzene rings is 1. The number of nitro groups is 1. The fourth-order valence-corrected chi connectivity index (χ4v) is 2.80. The van der Waals surface area contributed by atoms with E-state index in [1.165, 1.54) is 30.3 Å². The van der Waals surface area contributed by atoms with E-state index in [2.05, 4.69) is 5.32 Å². The molecule has 112 valence electrons. The van der Waals surface area contributed by atoms with Gasteiger partial charge in [-0.3, -0.25) is 10.1 Å². The maximum absolute atomic E-state index is 12.2. The minimum atomic E-state index is -4.30. The van der Waals surface area contributed by atoms with Gasteiger partial charge in [0.1, 0.15) is 0 Å². The topological polar surface area (TPSA) is 55.2 Å². The van der Waals surface area contributed by atoms with Gasteiger partial charge in [0.05, 0.1) is 4.92 Å². The molecular weight excluding hydrogens is 325 g/mol. The molecule has 1 N–H and O–H groups in total. The smallest absolute Gasteiger partial charge is 0.381 e. The van der Waals surface area contributed by atoms with Gasteiger partial charge in [0.15, 0.2) is 0 Å². The number of thioether (sulfide) groups is 1. The van der Waals surface area contributed by atoms with Crippen molar-refractivity contribution in [1.29, 1.82) is 0 Å². The van der Waals surface area contributed by atoms with Crippen LogP contribution in [0.4, 0.5) is 23.9 Å². The average Bonchev–Trinajstić information content (AvgIpc) is 2.85. The molecular formula is C12H9F3N2O2S2. The summed E-state index contributed by atoms with van der Waals surface area (Å²) >= 11 is 0.864. The predicted molar refractivity (Wildman–Crippen MR) is 76.7 cm³/mol. The zero-order valence-electron chi connectivity index (χ0n) is 10.4. The summed E-state index contributed by atoms with van der Waals surface area (Å²) in [4.78, 5) is 10.2. The summed E-state index contributed by atoms with van der Waals surface area (Å²) in [6.07, 6.45) is 0. The summed E-state index contributed by atoms with van der Waals surface area (Å²) in [6, 6.07) is 7.28. The van der Waals surface area contributed by atoms with Gasteiger partial charge in [-0.05, 0) is 41.6 Å². The lowest BCUT2D eigenvalue weighted by Crippen LogP contribution is -2.00. The van der Waals surface area contributed by atoms with Crippen LogP contribution in [0, 0.1) is 10.1 Å². The van der Waals surface area contributed by atoms with E-state index in [-0.39, 0.29) is 21.7 Å². The fourth-order valence-electron chi connectivity index (χ4n) is 1.53. The van der Waals surface area contributed by atoms with Gasteiger partial charge in [0.2, 0.25) is 0 Å². The first kappa shape index (κ1) is 15.6. The number of alkyl halides is 3. The normalized spacial score (nSPS) is 11.4. The molecule has 0 bridgehead atoms. The summed E-state index contributed by atoms with van der Waals surface area (Å²) in [5.74, 6) is 0. The first-order chi connectivity index (χ1) is 9.83. The third-order valence-corrected chi connectivity index (χ3v) is 4.07. The Morgan fingerprint density at radius 1 is 1.29 bits per heavy atom. The van der Waals surface area contributed by atoms with Crippen molar-refractivity contribution in [3.63, 3.8) is 0 Å². The second kappa shape index (κ2) is 6.35. The average molecular weight is 334 g/mol. The van der Waals surface area contributed by atoms with Gasteiger partial charge in [-0.15, -0.1) is 0 Å². The molecule has 9 heteroatoms. The Bertz CT molecular complexity index is 626. The highest BCUT2D eigenvalue weighted by molar-refractivity contribution is 8.00. The number of rotatable bonds is 5. The molecule has 0 atom stereocenters. The first-order valence-corrected chi connectivity index (χ1v) is 7.34. The second-order valence-electron chi connectivity index (χ2n) is 3.98. The van der Waals surface area contributed by atoms with E-state index in [1.807, 2.05) is 0 Å². The lowest BCUT2D eigenvalue weighted by Gasteiger charge is -2.08. The predicted octanol–water partition coefficient (Wildman–Crippen LogP) is 4.88. The molecule has 2 aromatic rings. The number of nitrogens with one attached hydrogen (secondary N) is 1. The summed E-state index contributed by atoms with van der Waals surface area (Å²) in [5.41, 5.74) is -2.90. The first-order valence-electron chi connectivity index (χ1n) is 5.65. The Labute approximate surface area is 126 Å². The molecule has 0 spiro atoms. The molecule has 0 aliphatic rings. The lowest BCUT2D eigenvalue weighted by molar-refractivity contribution is -0.380. The minimum absolute atomic E-state index is 0.0590. The zero-order chi connectivity index (χ0) is 15.5. The van der Waals surface area contributed by atoms with Gasteiger partial charge in [0.25, 0.3) is 0 Å². The van der Waals surface area contributed by atoms with Crippen LogP contribution in [-0.4, -0.2) is 10.4 Å². The summed E-state index contributed by atoms with van der Waals surface area (Å²) in [5, 5.41) is 15.3. The molecule has 0 aliphatic heterocycles. The SMILES string of the molecule is O=[N+]([O-])c1cc(CNc2ccc(SC(F)(F)F)cc2)cs1. The molecule has 1 heterocycles. The Hall–Kier alpha value is -1.74. The van der Waals surface area contributed by atoms with E-state index in [9.17, 15) is 23.3 Å². The monoisotopic (exact) mass is 334 g/mol. The Balaban J connectivity index is 1.92. The molecule has 0 radical (unpaired) electrons. The molecule has 4 nitrogen and oxygen atoms in total. The van der Waals surface area contributed by atoms with E-state index in [4.69, 9.17) is 0 Å². The van der Waals surface area contributed by atoms with Crippen molar-refractivity contribution in [3.8, 4) is 0 Å². The molecule has 2 rings (SSSR count). The number of hydrogen-bond acceptors (Lipinski definition) is 5. The highest BCUT2D eigenvalue weighted by Crippen LogP contribution is 2.37. The van der Waals surface area contributed by atoms with Gasteiger partial charge in [-0.1, -0.05) is 11.3 Å². The van der Waals surface area contributed by atoms with Crippen LogP contribution in [0.25, 0.3) is 0 Å².